The van der Waals surface area contributed by atoms with Gasteiger partial charge >= 0.3 is 0 Å². The van der Waals surface area contributed by atoms with Crippen LogP contribution in [0.25, 0.3) is 0 Å². The summed E-state index contributed by atoms with van der Waals surface area (Å²) in [6.07, 6.45) is 0. The smallest absolute Gasteiger partial charge is 0.262 e. The van der Waals surface area contributed by atoms with E-state index in [1.807, 2.05) is 0 Å². The third-order valence-corrected chi connectivity index (χ3v) is 4.05. The Morgan fingerprint density at radius 3 is 2.81 bits per heavy atom. The summed E-state index contributed by atoms with van der Waals surface area (Å²) in [5, 5.41) is 5.04. The number of benzene rings is 1. The maximum atomic E-state index is 11.8. The standard InChI is InChI=1S/C13H10BrClN2O3S/c14-7-1-2-10(9(15)5-7)20-6-11(18)17-13-8(12(16)19)3-4-21-13/h1-5H,6H2,(H2,16,19)(H,17,18). The Labute approximate surface area is 138 Å². The van der Waals surface area contributed by atoms with Gasteiger partial charge in [0, 0.05) is 4.47 Å². The highest BCUT2D eigenvalue weighted by Crippen LogP contribution is 2.28. The number of anilines is 1. The summed E-state index contributed by atoms with van der Waals surface area (Å²) in [5.74, 6) is -0.598. The Bertz CT molecular complexity index is 690. The number of primary amides is 1. The number of rotatable bonds is 5. The maximum Gasteiger partial charge on any atom is 0.262 e. The quantitative estimate of drug-likeness (QED) is 0.823. The van der Waals surface area contributed by atoms with Gasteiger partial charge in [0.2, 0.25) is 0 Å². The number of hydrogen-bond acceptors (Lipinski definition) is 4. The van der Waals surface area contributed by atoms with Crippen LogP contribution >= 0.6 is 38.9 Å². The summed E-state index contributed by atoms with van der Waals surface area (Å²) in [5.41, 5.74) is 5.47. The highest BCUT2D eigenvalue weighted by Gasteiger charge is 2.13. The minimum atomic E-state index is -0.594. The molecule has 110 valence electrons. The van der Waals surface area contributed by atoms with Crippen LogP contribution in [0.2, 0.25) is 5.02 Å². The second-order valence-electron chi connectivity index (χ2n) is 3.94. The van der Waals surface area contributed by atoms with Crippen LogP contribution in [-0.4, -0.2) is 18.4 Å². The Kier molecular flexibility index (Phi) is 5.22. The van der Waals surface area contributed by atoms with Gasteiger partial charge in [0.05, 0.1) is 10.6 Å². The molecule has 0 unspecified atom stereocenters. The Morgan fingerprint density at radius 1 is 1.38 bits per heavy atom. The first-order valence-electron chi connectivity index (χ1n) is 5.72. The van der Waals surface area contributed by atoms with Gasteiger partial charge in [-0.15, -0.1) is 11.3 Å². The molecule has 0 atom stereocenters. The molecule has 0 saturated heterocycles. The Morgan fingerprint density at radius 2 is 2.14 bits per heavy atom. The van der Waals surface area contributed by atoms with E-state index in [0.717, 1.165) is 4.47 Å². The number of nitrogens with one attached hydrogen (secondary N) is 1. The van der Waals surface area contributed by atoms with Gasteiger partial charge in [-0.3, -0.25) is 9.59 Å². The molecule has 2 rings (SSSR count). The van der Waals surface area contributed by atoms with Crippen LogP contribution in [0.4, 0.5) is 5.00 Å². The van der Waals surface area contributed by atoms with E-state index in [4.69, 9.17) is 22.1 Å². The number of amides is 2. The molecule has 21 heavy (non-hydrogen) atoms. The van der Waals surface area contributed by atoms with Gasteiger partial charge in [0.1, 0.15) is 10.8 Å². The average Bonchev–Trinajstić information content (AvgIpc) is 2.86. The van der Waals surface area contributed by atoms with Crippen molar-refractivity contribution in [3.05, 3.63) is 44.7 Å². The lowest BCUT2D eigenvalue weighted by Gasteiger charge is -2.08. The number of carbonyl (C=O) groups is 2. The van der Waals surface area contributed by atoms with E-state index in [1.165, 1.54) is 11.3 Å². The third kappa shape index (κ3) is 4.20. The molecule has 0 aliphatic heterocycles. The molecule has 0 aliphatic carbocycles. The first kappa shape index (κ1) is 15.8. The fourth-order valence-electron chi connectivity index (χ4n) is 1.50. The highest BCUT2D eigenvalue weighted by molar-refractivity contribution is 9.10. The molecule has 3 N–H and O–H groups in total. The van der Waals surface area contributed by atoms with E-state index in [-0.39, 0.29) is 12.2 Å². The van der Waals surface area contributed by atoms with Crippen LogP contribution in [-0.2, 0) is 4.79 Å². The zero-order valence-electron chi connectivity index (χ0n) is 10.6. The van der Waals surface area contributed by atoms with E-state index >= 15 is 0 Å². The van der Waals surface area contributed by atoms with Crippen LogP contribution < -0.4 is 15.8 Å². The lowest BCUT2D eigenvalue weighted by atomic mass is 10.3. The van der Waals surface area contributed by atoms with E-state index in [0.29, 0.717) is 15.8 Å². The molecule has 0 aliphatic rings. The zero-order chi connectivity index (χ0) is 15.4. The number of hydrogen-bond donors (Lipinski definition) is 2. The summed E-state index contributed by atoms with van der Waals surface area (Å²) in [7, 11) is 0. The molecule has 0 saturated carbocycles. The molecule has 1 aromatic heterocycles. The van der Waals surface area contributed by atoms with Gasteiger partial charge in [-0.2, -0.15) is 0 Å². The zero-order valence-corrected chi connectivity index (χ0v) is 13.7. The fraction of sp³-hybridized carbons (Fsp3) is 0.0769. The van der Waals surface area contributed by atoms with Crippen LogP contribution in [0, 0.1) is 0 Å². The molecule has 8 heteroatoms. The molecule has 0 bridgehead atoms. The summed E-state index contributed by atoms with van der Waals surface area (Å²) >= 11 is 10.5. The largest absolute Gasteiger partial charge is 0.482 e. The molecular formula is C13H10BrClN2O3S. The second-order valence-corrected chi connectivity index (χ2v) is 6.18. The third-order valence-electron chi connectivity index (χ3n) is 2.44. The lowest BCUT2D eigenvalue weighted by molar-refractivity contribution is -0.118. The molecule has 2 aromatic rings. The number of nitrogens with two attached hydrogens (primary N) is 1. The SMILES string of the molecule is NC(=O)c1ccsc1NC(=O)COc1ccc(Br)cc1Cl. The van der Waals surface area contributed by atoms with Crippen LogP contribution in [0.3, 0.4) is 0 Å². The van der Waals surface area contributed by atoms with E-state index in [2.05, 4.69) is 21.2 Å². The monoisotopic (exact) mass is 388 g/mol. The van der Waals surface area contributed by atoms with Crippen LogP contribution in [0.15, 0.2) is 34.1 Å². The fourth-order valence-corrected chi connectivity index (χ4v) is 3.03. The lowest BCUT2D eigenvalue weighted by Crippen LogP contribution is -2.21. The van der Waals surface area contributed by atoms with Gasteiger partial charge < -0.3 is 15.8 Å². The molecule has 2 amide bonds. The summed E-state index contributed by atoms with van der Waals surface area (Å²) in [4.78, 5) is 22.9. The van der Waals surface area contributed by atoms with E-state index in [1.54, 1.807) is 29.6 Å². The average molecular weight is 390 g/mol. The van der Waals surface area contributed by atoms with Crippen molar-refractivity contribution in [2.45, 2.75) is 0 Å². The number of ether oxygens (including phenoxy) is 1. The molecule has 5 nitrogen and oxygen atoms in total. The number of carbonyl (C=O) groups excluding carboxylic acids is 2. The van der Waals surface area contributed by atoms with Crippen molar-refractivity contribution in [2.24, 2.45) is 5.73 Å². The van der Waals surface area contributed by atoms with Crippen molar-refractivity contribution >= 4 is 55.7 Å². The number of halogens is 2. The molecule has 0 radical (unpaired) electrons. The summed E-state index contributed by atoms with van der Waals surface area (Å²) in [6.45, 7) is -0.225. The maximum absolute atomic E-state index is 11.8. The van der Waals surface area contributed by atoms with Crippen molar-refractivity contribution in [1.29, 1.82) is 0 Å². The van der Waals surface area contributed by atoms with Crippen molar-refractivity contribution in [1.82, 2.24) is 0 Å². The molecule has 0 spiro atoms. The minimum absolute atomic E-state index is 0.225. The van der Waals surface area contributed by atoms with E-state index < -0.39 is 11.8 Å². The molecule has 1 aromatic carbocycles. The molecular weight excluding hydrogens is 380 g/mol. The van der Waals surface area contributed by atoms with Gasteiger partial charge in [-0.05, 0) is 29.6 Å². The van der Waals surface area contributed by atoms with Crippen LogP contribution in [0.5, 0.6) is 5.75 Å². The second kappa shape index (κ2) is 6.93. The van der Waals surface area contributed by atoms with Crippen LogP contribution in [0.1, 0.15) is 10.4 Å². The summed E-state index contributed by atoms with van der Waals surface area (Å²) < 4.78 is 6.14. The minimum Gasteiger partial charge on any atom is -0.482 e. The number of thiophene rings is 1. The summed E-state index contributed by atoms with van der Waals surface area (Å²) in [6, 6.07) is 6.62. The molecule has 0 fully saturated rings. The van der Waals surface area contributed by atoms with Crippen molar-refractivity contribution in [3.63, 3.8) is 0 Å². The van der Waals surface area contributed by atoms with Gasteiger partial charge in [0.25, 0.3) is 11.8 Å². The predicted octanol–water partition coefficient (Wildman–Crippen LogP) is 3.28. The first-order valence-corrected chi connectivity index (χ1v) is 7.77. The predicted molar refractivity (Wildman–Crippen MR) is 86.1 cm³/mol. The van der Waals surface area contributed by atoms with Gasteiger partial charge in [-0.1, -0.05) is 27.5 Å². The Balaban J connectivity index is 1.96. The van der Waals surface area contributed by atoms with Crippen molar-refractivity contribution in [2.75, 3.05) is 11.9 Å². The van der Waals surface area contributed by atoms with Gasteiger partial charge in [-0.25, -0.2) is 0 Å². The van der Waals surface area contributed by atoms with Crippen molar-refractivity contribution in [3.8, 4) is 5.75 Å². The van der Waals surface area contributed by atoms with E-state index in [9.17, 15) is 9.59 Å². The molecule has 1 heterocycles. The topological polar surface area (TPSA) is 81.4 Å². The normalized spacial score (nSPS) is 10.2. The van der Waals surface area contributed by atoms with Gasteiger partial charge in [0.15, 0.2) is 6.61 Å². The first-order chi connectivity index (χ1) is 9.97. The van der Waals surface area contributed by atoms with Crippen molar-refractivity contribution < 1.29 is 14.3 Å². The Hall–Kier alpha value is -1.57. The highest BCUT2D eigenvalue weighted by atomic mass is 79.9.